The third-order valence-electron chi connectivity index (χ3n) is 4.79. The van der Waals surface area contributed by atoms with E-state index in [1.54, 1.807) is 4.31 Å². The van der Waals surface area contributed by atoms with Crippen molar-refractivity contribution in [2.75, 3.05) is 39.0 Å². The van der Waals surface area contributed by atoms with Gasteiger partial charge in [0.2, 0.25) is 10.0 Å². The fourth-order valence-electron chi connectivity index (χ4n) is 3.15. The number of nitrogens with one attached hydrogen (secondary N) is 2. The Labute approximate surface area is 186 Å². The Bertz CT molecular complexity index is 692. The Hall–Kier alpha value is -0.910. The zero-order valence-corrected chi connectivity index (χ0v) is 19.8. The molecule has 9 heteroatoms. The van der Waals surface area contributed by atoms with E-state index in [4.69, 9.17) is 0 Å². The van der Waals surface area contributed by atoms with Gasteiger partial charge < -0.3 is 15.7 Å². The molecule has 1 aliphatic rings. The third-order valence-corrected chi connectivity index (χ3v) is 6.09. The Morgan fingerprint density at radius 2 is 1.89 bits per heavy atom. The van der Waals surface area contributed by atoms with Crippen LogP contribution in [0.3, 0.4) is 0 Å². The molecule has 7 nitrogen and oxygen atoms in total. The summed E-state index contributed by atoms with van der Waals surface area (Å²) in [5.41, 5.74) is 0.916. The van der Waals surface area contributed by atoms with Crippen molar-refractivity contribution in [2.24, 2.45) is 10.9 Å². The summed E-state index contributed by atoms with van der Waals surface area (Å²) in [6, 6.07) is 9.63. The van der Waals surface area contributed by atoms with Crippen molar-refractivity contribution in [1.29, 1.82) is 0 Å². The van der Waals surface area contributed by atoms with Crippen molar-refractivity contribution >= 4 is 40.0 Å². The molecule has 1 saturated heterocycles. The molecule has 0 spiro atoms. The predicted molar refractivity (Wildman–Crippen MR) is 125 cm³/mol. The number of benzene rings is 1. The highest BCUT2D eigenvalue weighted by atomic mass is 127. The van der Waals surface area contributed by atoms with Gasteiger partial charge in [-0.15, -0.1) is 24.0 Å². The molecule has 3 N–H and O–H groups in total. The maximum atomic E-state index is 11.6. The van der Waals surface area contributed by atoms with Gasteiger partial charge in [0.05, 0.1) is 12.4 Å². The molecule has 0 bridgehead atoms. The minimum atomic E-state index is -3.08. The van der Waals surface area contributed by atoms with Crippen LogP contribution in [0, 0.1) is 5.92 Å². The zero-order chi connectivity index (χ0) is 19.7. The molecule has 0 aliphatic carbocycles. The predicted octanol–water partition coefficient (Wildman–Crippen LogP) is 1.95. The quantitative estimate of drug-likeness (QED) is 0.275. The first-order valence-electron chi connectivity index (χ1n) is 9.60. The first-order chi connectivity index (χ1) is 12.9. The van der Waals surface area contributed by atoms with Gasteiger partial charge in [0, 0.05) is 32.7 Å². The fraction of sp³-hybridized carbons (Fsp3) is 0.632. The average molecular weight is 524 g/mol. The second-order valence-electron chi connectivity index (χ2n) is 6.97. The van der Waals surface area contributed by atoms with Gasteiger partial charge in [-0.1, -0.05) is 30.3 Å². The summed E-state index contributed by atoms with van der Waals surface area (Å²) in [6.07, 6.45) is 3.04. The standard InChI is InChI=1S/C19H32N4O3S.HI/c1-3-20-19(21-12-9-18(24)17-7-5-4-6-8-17)22-15-16-10-13-23(14-11-16)27(2,25)26;/h4-8,16,18,24H,3,9-15H2,1-2H3,(H2,20,21,22);1H. The smallest absolute Gasteiger partial charge is 0.211 e. The van der Waals surface area contributed by atoms with Crippen LogP contribution in [0.5, 0.6) is 0 Å². The number of rotatable bonds is 8. The van der Waals surface area contributed by atoms with Gasteiger partial charge >= 0.3 is 0 Å². The van der Waals surface area contributed by atoms with Crippen molar-refractivity contribution in [3.05, 3.63) is 35.9 Å². The molecule has 1 atom stereocenters. The van der Waals surface area contributed by atoms with E-state index in [0.29, 0.717) is 38.5 Å². The third kappa shape index (κ3) is 8.62. The van der Waals surface area contributed by atoms with Gasteiger partial charge in [0.1, 0.15) is 0 Å². The molecule has 1 heterocycles. The van der Waals surface area contributed by atoms with Gasteiger partial charge in [-0.25, -0.2) is 12.7 Å². The molecule has 0 saturated carbocycles. The molecule has 1 aromatic rings. The molecule has 1 aromatic carbocycles. The van der Waals surface area contributed by atoms with Crippen molar-refractivity contribution < 1.29 is 13.5 Å². The Balaban J connectivity index is 0.00000392. The molecule has 2 rings (SSSR count). The number of halogens is 1. The van der Waals surface area contributed by atoms with Crippen LogP contribution in [0.25, 0.3) is 0 Å². The summed E-state index contributed by atoms with van der Waals surface area (Å²) < 4.78 is 24.7. The van der Waals surface area contributed by atoms with Crippen LogP contribution in [-0.4, -0.2) is 62.8 Å². The number of guanidine groups is 1. The number of hydrogen-bond acceptors (Lipinski definition) is 4. The first-order valence-corrected chi connectivity index (χ1v) is 11.4. The molecule has 28 heavy (non-hydrogen) atoms. The summed E-state index contributed by atoms with van der Waals surface area (Å²) in [5, 5.41) is 16.7. The molecule has 1 aliphatic heterocycles. The number of sulfonamides is 1. The molecular weight excluding hydrogens is 491 g/mol. The summed E-state index contributed by atoms with van der Waals surface area (Å²) >= 11 is 0. The fourth-order valence-corrected chi connectivity index (χ4v) is 4.03. The van der Waals surface area contributed by atoms with Crippen LogP contribution in [0.1, 0.15) is 37.9 Å². The van der Waals surface area contributed by atoms with E-state index in [2.05, 4.69) is 15.6 Å². The maximum Gasteiger partial charge on any atom is 0.211 e. The lowest BCUT2D eigenvalue weighted by molar-refractivity contribution is 0.168. The van der Waals surface area contributed by atoms with Gasteiger partial charge in [-0.3, -0.25) is 4.99 Å². The van der Waals surface area contributed by atoms with Crippen LogP contribution in [-0.2, 0) is 10.0 Å². The first kappa shape index (κ1) is 25.1. The largest absolute Gasteiger partial charge is 0.388 e. The van der Waals surface area contributed by atoms with Crippen LogP contribution < -0.4 is 10.6 Å². The highest BCUT2D eigenvalue weighted by Gasteiger charge is 2.24. The molecule has 160 valence electrons. The van der Waals surface area contributed by atoms with E-state index in [0.717, 1.165) is 30.9 Å². The van der Waals surface area contributed by atoms with E-state index >= 15 is 0 Å². The number of aliphatic imine (C=N–C) groups is 1. The number of hydrogen-bond donors (Lipinski definition) is 3. The number of nitrogens with zero attached hydrogens (tertiary/aromatic N) is 2. The summed E-state index contributed by atoms with van der Waals surface area (Å²) in [7, 11) is -3.08. The average Bonchev–Trinajstić information content (AvgIpc) is 2.66. The van der Waals surface area contributed by atoms with Crippen LogP contribution >= 0.6 is 24.0 Å². The molecular formula is C19H33IN4O3S. The number of aliphatic hydroxyl groups excluding tert-OH is 1. The molecule has 0 radical (unpaired) electrons. The number of aliphatic hydroxyl groups is 1. The van der Waals surface area contributed by atoms with Crippen LogP contribution in [0.2, 0.25) is 0 Å². The summed E-state index contributed by atoms with van der Waals surface area (Å²) in [6.45, 7) is 5.22. The van der Waals surface area contributed by atoms with Crippen molar-refractivity contribution in [2.45, 2.75) is 32.3 Å². The lowest BCUT2D eigenvalue weighted by atomic mass is 9.98. The van der Waals surface area contributed by atoms with Gasteiger partial charge in [0.15, 0.2) is 5.96 Å². The SMILES string of the molecule is CCNC(=NCC1CCN(S(C)(=O)=O)CC1)NCCC(O)c1ccccc1.I. The Morgan fingerprint density at radius 1 is 1.25 bits per heavy atom. The van der Waals surface area contributed by atoms with Gasteiger partial charge in [-0.05, 0) is 37.7 Å². The molecule has 1 unspecified atom stereocenters. The van der Waals surface area contributed by atoms with E-state index in [1.807, 2.05) is 37.3 Å². The Kier molecular flexibility index (Phi) is 11.3. The van der Waals surface area contributed by atoms with E-state index in [1.165, 1.54) is 6.26 Å². The monoisotopic (exact) mass is 524 g/mol. The lowest BCUT2D eigenvalue weighted by Gasteiger charge is -2.29. The zero-order valence-electron chi connectivity index (χ0n) is 16.7. The van der Waals surface area contributed by atoms with E-state index in [-0.39, 0.29) is 24.0 Å². The van der Waals surface area contributed by atoms with Crippen LogP contribution in [0.15, 0.2) is 35.3 Å². The normalized spacial score (nSPS) is 17.6. The number of piperidine rings is 1. The molecule has 1 fully saturated rings. The minimum absolute atomic E-state index is 0. The van der Waals surface area contributed by atoms with Crippen LogP contribution in [0.4, 0.5) is 0 Å². The summed E-state index contributed by atoms with van der Waals surface area (Å²) in [5.74, 6) is 1.14. The maximum absolute atomic E-state index is 11.6. The molecule has 0 amide bonds. The highest BCUT2D eigenvalue weighted by molar-refractivity contribution is 14.0. The molecule has 0 aromatic heterocycles. The van der Waals surface area contributed by atoms with Crippen molar-refractivity contribution in [3.63, 3.8) is 0 Å². The van der Waals surface area contributed by atoms with Crippen molar-refractivity contribution in [3.8, 4) is 0 Å². The van der Waals surface area contributed by atoms with Gasteiger partial charge in [-0.2, -0.15) is 0 Å². The second kappa shape index (κ2) is 12.6. The topological polar surface area (TPSA) is 94.0 Å². The minimum Gasteiger partial charge on any atom is -0.388 e. The lowest BCUT2D eigenvalue weighted by Crippen LogP contribution is -2.40. The van der Waals surface area contributed by atoms with E-state index < -0.39 is 16.1 Å². The highest BCUT2D eigenvalue weighted by Crippen LogP contribution is 2.19. The van der Waals surface area contributed by atoms with Gasteiger partial charge in [0.25, 0.3) is 0 Å². The van der Waals surface area contributed by atoms with E-state index in [9.17, 15) is 13.5 Å². The summed E-state index contributed by atoms with van der Waals surface area (Å²) in [4.78, 5) is 4.64. The Morgan fingerprint density at radius 3 is 2.46 bits per heavy atom. The van der Waals surface area contributed by atoms with Crippen molar-refractivity contribution in [1.82, 2.24) is 14.9 Å². The second-order valence-corrected chi connectivity index (χ2v) is 8.95.